The molecule has 19 heavy (non-hydrogen) atoms. The fourth-order valence-electron chi connectivity index (χ4n) is 1.43. The van der Waals surface area contributed by atoms with E-state index in [9.17, 15) is 9.59 Å². The van der Waals surface area contributed by atoms with Crippen LogP contribution in [0.1, 0.15) is 13.3 Å². The maximum absolute atomic E-state index is 11.8. The van der Waals surface area contributed by atoms with Crippen LogP contribution >= 0.6 is 0 Å². The molecule has 1 aromatic carbocycles. The highest BCUT2D eigenvalue weighted by Gasteiger charge is 2.11. The molecule has 1 aromatic rings. The quantitative estimate of drug-likeness (QED) is 0.626. The summed E-state index contributed by atoms with van der Waals surface area (Å²) in [6, 6.07) is 6.60. The zero-order chi connectivity index (χ0) is 14.3. The van der Waals surface area contributed by atoms with E-state index in [0.717, 1.165) is 0 Å². The largest absolute Gasteiger partial charge is 0.466 e. The minimum atomic E-state index is -0.314. The van der Waals surface area contributed by atoms with E-state index in [-0.39, 0.29) is 18.4 Å². The van der Waals surface area contributed by atoms with Crippen molar-refractivity contribution in [2.45, 2.75) is 13.3 Å². The normalized spacial score (nSPS) is 9.79. The van der Waals surface area contributed by atoms with Gasteiger partial charge in [0.15, 0.2) is 0 Å². The zero-order valence-electron chi connectivity index (χ0n) is 11.2. The molecule has 0 aliphatic rings. The second-order valence-corrected chi connectivity index (χ2v) is 4.03. The number of hydrogen-bond acceptors (Lipinski definition) is 4. The van der Waals surface area contributed by atoms with Gasteiger partial charge in [-0.2, -0.15) is 0 Å². The molecule has 0 aromatic heterocycles. The second-order valence-electron chi connectivity index (χ2n) is 4.03. The van der Waals surface area contributed by atoms with Gasteiger partial charge in [-0.05, 0) is 25.1 Å². The van der Waals surface area contributed by atoms with Crippen molar-refractivity contribution in [2.75, 3.05) is 31.2 Å². The number of carbonyl (C=O) groups excluding carboxylic acids is 2. The summed E-state index contributed by atoms with van der Waals surface area (Å²) in [4.78, 5) is 24.4. The Balaban J connectivity index is 2.42. The molecule has 6 nitrogen and oxygen atoms in total. The summed E-state index contributed by atoms with van der Waals surface area (Å²) in [6.45, 7) is 2.39. The molecule has 0 fully saturated rings. The molecule has 0 radical (unpaired) electrons. The van der Waals surface area contributed by atoms with Crippen LogP contribution in [0.3, 0.4) is 0 Å². The van der Waals surface area contributed by atoms with Crippen molar-refractivity contribution in [3.8, 4) is 0 Å². The minimum Gasteiger partial charge on any atom is -0.466 e. The molecular formula is C13H19N3O3. The van der Waals surface area contributed by atoms with Crippen molar-refractivity contribution in [1.82, 2.24) is 4.90 Å². The zero-order valence-corrected chi connectivity index (χ0v) is 11.2. The third-order valence-corrected chi connectivity index (χ3v) is 2.44. The van der Waals surface area contributed by atoms with E-state index in [1.54, 1.807) is 38.2 Å². The second kappa shape index (κ2) is 7.25. The Labute approximate surface area is 112 Å². The van der Waals surface area contributed by atoms with Crippen molar-refractivity contribution in [2.24, 2.45) is 0 Å². The van der Waals surface area contributed by atoms with E-state index in [2.05, 4.69) is 5.32 Å². The monoisotopic (exact) mass is 265 g/mol. The first kappa shape index (κ1) is 14.8. The lowest BCUT2D eigenvalue weighted by atomic mass is 10.3. The number of nitrogen functional groups attached to an aromatic ring is 1. The van der Waals surface area contributed by atoms with E-state index < -0.39 is 0 Å². The van der Waals surface area contributed by atoms with E-state index in [0.29, 0.717) is 24.5 Å². The van der Waals surface area contributed by atoms with Gasteiger partial charge in [-0.25, -0.2) is 4.79 Å². The van der Waals surface area contributed by atoms with Gasteiger partial charge in [0, 0.05) is 25.0 Å². The number of rotatable bonds is 5. The van der Waals surface area contributed by atoms with Gasteiger partial charge in [0.25, 0.3) is 0 Å². The first-order valence-electron chi connectivity index (χ1n) is 6.06. The van der Waals surface area contributed by atoms with Crippen LogP contribution in [-0.2, 0) is 9.53 Å². The Morgan fingerprint density at radius 1 is 1.42 bits per heavy atom. The molecular weight excluding hydrogens is 246 g/mol. The summed E-state index contributed by atoms with van der Waals surface area (Å²) < 4.78 is 4.79. The third-order valence-electron chi connectivity index (χ3n) is 2.44. The van der Waals surface area contributed by atoms with Gasteiger partial charge in [0.2, 0.25) is 0 Å². The fourth-order valence-corrected chi connectivity index (χ4v) is 1.43. The lowest BCUT2D eigenvalue weighted by Gasteiger charge is -2.17. The Kier molecular flexibility index (Phi) is 5.66. The Hall–Kier alpha value is -2.24. The number of amides is 2. The van der Waals surface area contributed by atoms with Gasteiger partial charge in [-0.15, -0.1) is 0 Å². The number of esters is 1. The lowest BCUT2D eigenvalue weighted by molar-refractivity contribution is -0.143. The van der Waals surface area contributed by atoms with Gasteiger partial charge in [0.05, 0.1) is 13.0 Å². The van der Waals surface area contributed by atoms with Gasteiger partial charge in [-0.3, -0.25) is 4.79 Å². The summed E-state index contributed by atoms with van der Waals surface area (Å²) in [6.07, 6.45) is 0.175. The molecule has 1 rings (SSSR count). The van der Waals surface area contributed by atoms with Gasteiger partial charge in [-0.1, -0.05) is 6.07 Å². The molecule has 0 unspecified atom stereocenters. The smallest absolute Gasteiger partial charge is 0.321 e. The molecule has 0 aliphatic carbocycles. The maximum atomic E-state index is 11.8. The number of nitrogens with two attached hydrogens (primary N) is 1. The lowest BCUT2D eigenvalue weighted by Crippen LogP contribution is -2.33. The van der Waals surface area contributed by atoms with Crippen LogP contribution < -0.4 is 11.1 Å². The molecule has 6 heteroatoms. The average molecular weight is 265 g/mol. The average Bonchev–Trinajstić information content (AvgIpc) is 2.36. The van der Waals surface area contributed by atoms with Crippen LogP contribution in [0, 0.1) is 0 Å². The highest BCUT2D eigenvalue weighted by atomic mass is 16.5. The molecule has 0 saturated carbocycles. The van der Waals surface area contributed by atoms with Crippen LogP contribution in [-0.4, -0.2) is 37.1 Å². The minimum absolute atomic E-state index is 0.175. The van der Waals surface area contributed by atoms with Crippen LogP contribution in [0.15, 0.2) is 24.3 Å². The topological polar surface area (TPSA) is 84.7 Å². The van der Waals surface area contributed by atoms with E-state index >= 15 is 0 Å². The predicted octanol–water partition coefficient (Wildman–Crippen LogP) is 1.69. The van der Waals surface area contributed by atoms with Crippen molar-refractivity contribution in [1.29, 1.82) is 0 Å². The van der Waals surface area contributed by atoms with Crippen LogP contribution in [0.5, 0.6) is 0 Å². The molecule has 0 aliphatic heterocycles. The molecule has 0 bridgehead atoms. The van der Waals surface area contributed by atoms with Crippen molar-refractivity contribution >= 4 is 23.4 Å². The molecule has 0 spiro atoms. The molecule has 104 valence electrons. The number of ether oxygens (including phenoxy) is 1. The van der Waals surface area contributed by atoms with Crippen LogP contribution in [0.2, 0.25) is 0 Å². The van der Waals surface area contributed by atoms with Gasteiger partial charge in [0.1, 0.15) is 0 Å². The Morgan fingerprint density at radius 3 is 2.79 bits per heavy atom. The standard InChI is InChI=1S/C13H19N3O3/c1-3-19-12(17)7-8-16(2)13(18)15-11-6-4-5-10(14)9-11/h4-6,9H,3,7-8,14H2,1-2H3,(H,15,18). The predicted molar refractivity (Wildman–Crippen MR) is 73.8 cm³/mol. The van der Waals surface area contributed by atoms with Gasteiger partial charge >= 0.3 is 12.0 Å². The first-order valence-corrected chi connectivity index (χ1v) is 6.06. The van der Waals surface area contributed by atoms with Crippen molar-refractivity contribution in [3.63, 3.8) is 0 Å². The number of urea groups is 1. The fraction of sp³-hybridized carbons (Fsp3) is 0.385. The molecule has 0 heterocycles. The highest BCUT2D eigenvalue weighted by Crippen LogP contribution is 2.12. The summed E-state index contributed by atoms with van der Waals surface area (Å²) in [5, 5.41) is 2.69. The number of carbonyl (C=O) groups is 2. The number of anilines is 2. The van der Waals surface area contributed by atoms with Crippen molar-refractivity contribution in [3.05, 3.63) is 24.3 Å². The third kappa shape index (κ3) is 5.29. The first-order chi connectivity index (χ1) is 9.02. The van der Waals surface area contributed by atoms with E-state index in [1.807, 2.05) is 0 Å². The highest BCUT2D eigenvalue weighted by molar-refractivity contribution is 5.89. The molecule has 0 saturated heterocycles. The number of benzene rings is 1. The Morgan fingerprint density at radius 2 is 2.16 bits per heavy atom. The number of nitrogens with one attached hydrogen (secondary N) is 1. The summed E-state index contributed by atoms with van der Waals surface area (Å²) in [7, 11) is 1.61. The van der Waals surface area contributed by atoms with Crippen LogP contribution in [0.25, 0.3) is 0 Å². The summed E-state index contributed by atoms with van der Waals surface area (Å²) >= 11 is 0. The molecule has 3 N–H and O–H groups in total. The summed E-state index contributed by atoms with van der Waals surface area (Å²) in [5.41, 5.74) is 6.81. The number of hydrogen-bond donors (Lipinski definition) is 2. The molecule has 2 amide bonds. The number of nitrogens with zero attached hydrogens (tertiary/aromatic N) is 1. The van der Waals surface area contributed by atoms with E-state index in [1.165, 1.54) is 4.90 Å². The van der Waals surface area contributed by atoms with Gasteiger partial charge < -0.3 is 20.7 Å². The molecule has 0 atom stereocenters. The van der Waals surface area contributed by atoms with E-state index in [4.69, 9.17) is 10.5 Å². The maximum Gasteiger partial charge on any atom is 0.321 e. The SMILES string of the molecule is CCOC(=O)CCN(C)C(=O)Nc1cccc(N)c1. The Bertz CT molecular complexity index is 449. The van der Waals surface area contributed by atoms with Crippen LogP contribution in [0.4, 0.5) is 16.2 Å². The van der Waals surface area contributed by atoms with Crippen molar-refractivity contribution < 1.29 is 14.3 Å². The summed E-state index contributed by atoms with van der Waals surface area (Å²) in [5.74, 6) is -0.314.